The van der Waals surface area contributed by atoms with Gasteiger partial charge in [-0.1, -0.05) is 0 Å². The number of aliphatic hydroxyl groups is 4. The molecule has 41 heavy (non-hydrogen) atoms. The zero-order chi connectivity index (χ0) is 29.9. The van der Waals surface area contributed by atoms with Gasteiger partial charge in [-0.15, -0.1) is 0 Å². The Morgan fingerprint density at radius 1 is 0.902 bits per heavy atom. The first kappa shape index (κ1) is 34.8. The fourth-order valence-electron chi connectivity index (χ4n) is 7.86. The molecule has 0 aromatic heterocycles. The molecule has 12 atom stereocenters. The molecule has 1 aliphatic heterocycles. The van der Waals surface area contributed by atoms with E-state index in [0.29, 0.717) is 51.0 Å². The predicted molar refractivity (Wildman–Crippen MR) is 156 cm³/mol. The zero-order valence-corrected chi connectivity index (χ0v) is 25.5. The van der Waals surface area contributed by atoms with Crippen molar-refractivity contribution < 1.29 is 39.4 Å². The first-order chi connectivity index (χ1) is 19.7. The number of rotatable bonds is 16. The number of ether oxygens (including phenoxy) is 3. The molecule has 2 saturated carbocycles. The Labute approximate surface area is 246 Å². The summed E-state index contributed by atoms with van der Waals surface area (Å²) in [5.74, 6) is 0.237. The maximum atomic E-state index is 14.1. The lowest BCUT2D eigenvalue weighted by Gasteiger charge is -2.40. The summed E-state index contributed by atoms with van der Waals surface area (Å²) in [6, 6.07) is 0. The average molecular weight is 587 g/mol. The third kappa shape index (κ3) is 10.2. The number of nitrogens with two attached hydrogens (primary N) is 1. The van der Waals surface area contributed by atoms with Gasteiger partial charge in [-0.25, -0.2) is 0 Å². The fraction of sp³-hybridized carbons (Fsp3) is 0.968. The summed E-state index contributed by atoms with van der Waals surface area (Å²) < 4.78 is 16.2. The van der Waals surface area contributed by atoms with Gasteiger partial charge in [0.25, 0.3) is 0 Å². The summed E-state index contributed by atoms with van der Waals surface area (Å²) in [5.41, 5.74) is 6.30. The largest absolute Gasteiger partial charge is 0.392 e. The summed E-state index contributed by atoms with van der Waals surface area (Å²) in [4.78, 5) is 14.1. The highest BCUT2D eigenvalue weighted by atomic mass is 16.5. The van der Waals surface area contributed by atoms with Gasteiger partial charge in [0.05, 0.1) is 36.7 Å². The molecule has 0 aromatic rings. The van der Waals surface area contributed by atoms with Crippen LogP contribution in [-0.4, -0.2) is 103 Å². The van der Waals surface area contributed by atoms with Crippen molar-refractivity contribution in [2.45, 2.75) is 126 Å². The smallest absolute Gasteiger partial charge is 0.138 e. The van der Waals surface area contributed by atoms with Crippen LogP contribution in [0.25, 0.3) is 0 Å². The number of carbonyl (C=O) groups is 1. The summed E-state index contributed by atoms with van der Waals surface area (Å²) in [6.07, 6.45) is 5.21. The van der Waals surface area contributed by atoms with Gasteiger partial charge in [0.2, 0.25) is 0 Å². The van der Waals surface area contributed by atoms with Gasteiger partial charge in [0, 0.05) is 40.3 Å². The lowest BCUT2D eigenvalue weighted by atomic mass is 9.68. The minimum Gasteiger partial charge on any atom is -0.392 e. The Bertz CT molecular complexity index is 760. The molecule has 0 amide bonds. The number of aliphatic hydroxyl groups excluding tert-OH is 4. The summed E-state index contributed by atoms with van der Waals surface area (Å²) in [7, 11) is 4.86. The number of piperidine rings is 1. The van der Waals surface area contributed by atoms with Crippen molar-refractivity contribution in [1.82, 2.24) is 5.32 Å². The summed E-state index contributed by atoms with van der Waals surface area (Å²) in [6.45, 7) is 1.40. The molecule has 10 nitrogen and oxygen atoms in total. The van der Waals surface area contributed by atoms with E-state index in [9.17, 15) is 25.2 Å². The van der Waals surface area contributed by atoms with E-state index < -0.39 is 36.4 Å². The van der Waals surface area contributed by atoms with Crippen molar-refractivity contribution in [1.29, 1.82) is 0 Å². The highest BCUT2D eigenvalue weighted by Crippen LogP contribution is 2.39. The Morgan fingerprint density at radius 3 is 2.32 bits per heavy atom. The molecule has 3 fully saturated rings. The van der Waals surface area contributed by atoms with E-state index in [-0.39, 0.29) is 35.8 Å². The summed E-state index contributed by atoms with van der Waals surface area (Å²) in [5, 5.41) is 45.8. The van der Waals surface area contributed by atoms with Crippen LogP contribution in [0.4, 0.5) is 0 Å². The van der Waals surface area contributed by atoms with Crippen LogP contribution in [0.15, 0.2) is 0 Å². The minimum absolute atomic E-state index is 0.00573. The molecule has 3 aliphatic rings. The lowest BCUT2D eigenvalue weighted by Crippen LogP contribution is -2.48. The SMILES string of the molecule is COCCC[C@@H](C1CCNC(N)C1)[C@H](C(=O)CCC1CC(O)C(O)C(OC)C1)[C@H](O)CCC1CCC(O)C(OC)C1. The average Bonchev–Trinajstić information content (AvgIpc) is 2.96. The van der Waals surface area contributed by atoms with Crippen LogP contribution in [0.2, 0.25) is 0 Å². The maximum absolute atomic E-state index is 14.1. The molecule has 0 spiro atoms. The van der Waals surface area contributed by atoms with Gasteiger partial charge in [-0.2, -0.15) is 0 Å². The van der Waals surface area contributed by atoms with Crippen LogP contribution in [0.3, 0.4) is 0 Å². The van der Waals surface area contributed by atoms with Crippen molar-refractivity contribution >= 4 is 5.78 Å². The number of hydrogen-bond acceptors (Lipinski definition) is 10. The second kappa shape index (κ2) is 17.6. The molecular formula is C31H58N2O8. The molecule has 240 valence electrons. The zero-order valence-electron chi connectivity index (χ0n) is 25.5. The van der Waals surface area contributed by atoms with Crippen molar-refractivity contribution in [3.63, 3.8) is 0 Å². The number of hydrogen-bond donors (Lipinski definition) is 6. The van der Waals surface area contributed by atoms with Gasteiger partial charge < -0.3 is 45.7 Å². The van der Waals surface area contributed by atoms with Crippen molar-refractivity contribution in [3.8, 4) is 0 Å². The molecule has 2 aliphatic carbocycles. The molecule has 1 saturated heterocycles. The standard InChI is InChI=1S/C31H58N2O8/c1-39-14-4-5-22(21-12-13-33-29(32)18-21)30(24(35)10-7-19-6-9-23(34)27(16-19)40-2)25(36)11-8-20-15-26(37)31(38)28(17-20)41-3/h19-24,26-31,33-35,37-38H,4-18,32H2,1-3H3/t19?,20?,21?,22-,23?,24+,26?,27?,28?,29?,30-,31?/m0/s1. The molecule has 9 unspecified atom stereocenters. The fourth-order valence-corrected chi connectivity index (χ4v) is 7.86. The second-order valence-electron chi connectivity index (χ2n) is 13.0. The monoisotopic (exact) mass is 586 g/mol. The highest BCUT2D eigenvalue weighted by molar-refractivity contribution is 5.82. The number of methoxy groups -OCH3 is 3. The molecule has 0 radical (unpaired) electrons. The Balaban J connectivity index is 1.74. The maximum Gasteiger partial charge on any atom is 0.138 e. The van der Waals surface area contributed by atoms with E-state index in [1.54, 1.807) is 14.2 Å². The van der Waals surface area contributed by atoms with Gasteiger partial charge in [-0.05, 0) is 107 Å². The minimum atomic E-state index is -0.908. The number of nitrogens with one attached hydrogen (secondary N) is 1. The first-order valence-corrected chi connectivity index (χ1v) is 16.0. The van der Waals surface area contributed by atoms with Crippen LogP contribution < -0.4 is 11.1 Å². The normalized spacial score (nSPS) is 36.9. The molecule has 7 N–H and O–H groups in total. The van der Waals surface area contributed by atoms with Crippen LogP contribution in [-0.2, 0) is 19.0 Å². The second-order valence-corrected chi connectivity index (χ2v) is 13.0. The first-order valence-electron chi connectivity index (χ1n) is 16.0. The Morgan fingerprint density at radius 2 is 1.63 bits per heavy atom. The molecule has 10 heteroatoms. The number of ketones is 1. The van der Waals surface area contributed by atoms with E-state index in [0.717, 1.165) is 51.5 Å². The van der Waals surface area contributed by atoms with Gasteiger partial charge in [0.1, 0.15) is 11.9 Å². The third-order valence-electron chi connectivity index (χ3n) is 10.3. The van der Waals surface area contributed by atoms with Gasteiger partial charge >= 0.3 is 0 Å². The highest BCUT2D eigenvalue weighted by Gasteiger charge is 2.41. The third-order valence-corrected chi connectivity index (χ3v) is 10.3. The van der Waals surface area contributed by atoms with Gasteiger partial charge in [0.15, 0.2) is 0 Å². The van der Waals surface area contributed by atoms with E-state index >= 15 is 0 Å². The summed E-state index contributed by atoms with van der Waals surface area (Å²) >= 11 is 0. The predicted octanol–water partition coefficient (Wildman–Crippen LogP) is 1.74. The number of carbonyl (C=O) groups excluding carboxylic acids is 1. The molecule has 1 heterocycles. The van der Waals surface area contributed by atoms with Crippen LogP contribution in [0.5, 0.6) is 0 Å². The molecule has 0 bridgehead atoms. The van der Waals surface area contributed by atoms with E-state index in [4.69, 9.17) is 19.9 Å². The quantitative estimate of drug-likeness (QED) is 0.147. The van der Waals surface area contributed by atoms with Crippen molar-refractivity contribution in [2.75, 3.05) is 34.5 Å². The van der Waals surface area contributed by atoms with Crippen molar-refractivity contribution in [3.05, 3.63) is 0 Å². The topological polar surface area (TPSA) is 164 Å². The van der Waals surface area contributed by atoms with Crippen LogP contribution in [0.1, 0.15) is 83.5 Å². The van der Waals surface area contributed by atoms with Gasteiger partial charge in [-0.3, -0.25) is 4.79 Å². The van der Waals surface area contributed by atoms with E-state index in [1.165, 1.54) is 7.11 Å². The lowest BCUT2D eigenvalue weighted by molar-refractivity contribution is -0.133. The van der Waals surface area contributed by atoms with E-state index in [2.05, 4.69) is 5.32 Å². The van der Waals surface area contributed by atoms with Crippen LogP contribution in [0, 0.1) is 29.6 Å². The molecule has 3 rings (SSSR count). The number of Topliss-reactive ketones (excluding diaryl/α,β-unsaturated/α-hetero) is 1. The Hall–Kier alpha value is -0.690. The van der Waals surface area contributed by atoms with E-state index in [1.807, 2.05) is 0 Å². The molecular weight excluding hydrogens is 528 g/mol. The Kier molecular flexibility index (Phi) is 14.9. The molecule has 0 aromatic carbocycles. The van der Waals surface area contributed by atoms with Crippen molar-refractivity contribution in [2.24, 2.45) is 35.3 Å². The van der Waals surface area contributed by atoms with Crippen LogP contribution >= 0.6 is 0 Å².